The highest BCUT2D eigenvalue weighted by molar-refractivity contribution is 6.33. The Morgan fingerprint density at radius 1 is 0.778 bits per heavy atom. The summed E-state index contributed by atoms with van der Waals surface area (Å²) in [4.78, 5) is 4.87. The quantitative estimate of drug-likeness (QED) is 0.439. The maximum absolute atomic E-state index is 6.44. The van der Waals surface area contributed by atoms with E-state index in [1.807, 2.05) is 66.7 Å². The lowest BCUT2D eigenvalue weighted by Crippen LogP contribution is -2.01. The number of fused-ring (bicyclic) bond motifs is 3. The summed E-state index contributed by atoms with van der Waals surface area (Å²) in [6, 6.07) is 26.0. The van der Waals surface area contributed by atoms with Gasteiger partial charge in [-0.3, -0.25) is 4.40 Å². The lowest BCUT2D eigenvalue weighted by molar-refractivity contribution is 1.05. The van der Waals surface area contributed by atoms with Crippen LogP contribution in [0.5, 0.6) is 0 Å². The molecule has 5 aromatic rings. The molecule has 0 bridgehead atoms. The van der Waals surface area contributed by atoms with Crippen molar-refractivity contribution < 1.29 is 0 Å². The Morgan fingerprint density at radius 3 is 2.37 bits per heavy atom. The van der Waals surface area contributed by atoms with Crippen molar-refractivity contribution in [2.75, 3.05) is 0 Å². The fraction of sp³-hybridized carbons (Fsp3) is 0.0455. The Morgan fingerprint density at radius 2 is 1.52 bits per heavy atom. The summed E-state index contributed by atoms with van der Waals surface area (Å²) in [6.07, 6.45) is 0.690. The summed E-state index contributed by atoms with van der Waals surface area (Å²) in [6.45, 7) is 0. The first-order valence-corrected chi connectivity index (χ1v) is 9.10. The molecule has 0 atom stereocenters. The van der Waals surface area contributed by atoms with Crippen molar-refractivity contribution in [1.29, 1.82) is 0 Å². The van der Waals surface area contributed by atoms with Gasteiger partial charge in [-0.1, -0.05) is 66.2 Å². The zero-order valence-electron chi connectivity index (χ0n) is 14.4. The molecule has 0 unspecified atom stereocenters. The van der Waals surface area contributed by atoms with Gasteiger partial charge in [-0.15, -0.1) is 10.2 Å². The van der Waals surface area contributed by atoms with Gasteiger partial charge in [-0.05, 0) is 29.8 Å². The lowest BCUT2D eigenvalue weighted by atomic mass is 10.1. The van der Waals surface area contributed by atoms with Crippen LogP contribution >= 0.6 is 11.6 Å². The van der Waals surface area contributed by atoms with Crippen molar-refractivity contribution in [2.45, 2.75) is 6.42 Å². The number of nitrogens with zero attached hydrogens (tertiary/aromatic N) is 4. The average Bonchev–Trinajstić information content (AvgIpc) is 3.15. The summed E-state index contributed by atoms with van der Waals surface area (Å²) in [5, 5.41) is 9.59. The van der Waals surface area contributed by atoms with Gasteiger partial charge < -0.3 is 0 Å². The first kappa shape index (κ1) is 16.0. The smallest absolute Gasteiger partial charge is 0.183 e. The molecular formula is C22H15ClN4. The second kappa shape index (κ2) is 6.49. The molecule has 0 aliphatic rings. The van der Waals surface area contributed by atoms with Crippen LogP contribution in [-0.2, 0) is 6.42 Å². The molecule has 0 saturated heterocycles. The minimum Gasteiger partial charge on any atom is -0.272 e. The Bertz CT molecular complexity index is 1260. The number of para-hydroxylation sites is 2. The van der Waals surface area contributed by atoms with Crippen LogP contribution in [0.4, 0.5) is 0 Å². The molecule has 5 heteroatoms. The van der Waals surface area contributed by atoms with E-state index in [9.17, 15) is 0 Å². The van der Waals surface area contributed by atoms with E-state index in [1.54, 1.807) is 0 Å². The second-order valence-electron chi connectivity index (χ2n) is 6.37. The fourth-order valence-electron chi connectivity index (χ4n) is 3.37. The first-order valence-electron chi connectivity index (χ1n) is 8.73. The van der Waals surface area contributed by atoms with Crippen molar-refractivity contribution in [1.82, 2.24) is 19.6 Å². The van der Waals surface area contributed by atoms with E-state index in [0.717, 1.165) is 33.8 Å². The molecule has 0 saturated carbocycles. The molecule has 0 aliphatic heterocycles. The normalized spacial score (nSPS) is 11.3. The predicted octanol–water partition coefficient (Wildman–Crippen LogP) is 5.19. The Balaban J connectivity index is 1.81. The van der Waals surface area contributed by atoms with Crippen molar-refractivity contribution in [3.8, 4) is 11.4 Å². The van der Waals surface area contributed by atoms with E-state index in [-0.39, 0.29) is 0 Å². The summed E-state index contributed by atoms with van der Waals surface area (Å²) < 4.78 is 2.06. The van der Waals surface area contributed by atoms with Gasteiger partial charge >= 0.3 is 0 Å². The van der Waals surface area contributed by atoms with Gasteiger partial charge in [0, 0.05) is 12.0 Å². The maximum Gasteiger partial charge on any atom is 0.183 e. The van der Waals surface area contributed by atoms with Crippen molar-refractivity contribution in [2.24, 2.45) is 0 Å². The van der Waals surface area contributed by atoms with Crippen LogP contribution in [0.25, 0.3) is 28.1 Å². The molecule has 5 rings (SSSR count). The molecule has 0 amide bonds. The largest absolute Gasteiger partial charge is 0.272 e. The van der Waals surface area contributed by atoms with Gasteiger partial charge in [-0.2, -0.15) is 0 Å². The summed E-state index contributed by atoms with van der Waals surface area (Å²) in [5.74, 6) is 0.725. The van der Waals surface area contributed by atoms with Crippen molar-refractivity contribution >= 4 is 28.3 Å². The molecule has 3 aromatic carbocycles. The molecule has 0 fully saturated rings. The SMILES string of the molecule is Clc1ccccc1-c1nnc2c(Cc3ccccc3)nc3ccccc3n12. The minimum absolute atomic E-state index is 0.650. The van der Waals surface area contributed by atoms with Crippen LogP contribution in [-0.4, -0.2) is 19.6 Å². The highest BCUT2D eigenvalue weighted by Gasteiger charge is 2.17. The van der Waals surface area contributed by atoms with Crippen LogP contribution in [0.3, 0.4) is 0 Å². The summed E-state index contributed by atoms with van der Waals surface area (Å²) >= 11 is 6.44. The van der Waals surface area contributed by atoms with Crippen LogP contribution in [0.1, 0.15) is 11.3 Å². The fourth-order valence-corrected chi connectivity index (χ4v) is 3.59. The van der Waals surface area contributed by atoms with E-state index >= 15 is 0 Å². The number of halogens is 1. The third kappa shape index (κ3) is 2.75. The monoisotopic (exact) mass is 370 g/mol. The van der Waals surface area contributed by atoms with Gasteiger partial charge in [-0.25, -0.2) is 4.98 Å². The highest BCUT2D eigenvalue weighted by atomic mass is 35.5. The van der Waals surface area contributed by atoms with Gasteiger partial charge in [0.05, 0.1) is 21.7 Å². The van der Waals surface area contributed by atoms with E-state index in [0.29, 0.717) is 11.4 Å². The molecule has 0 N–H and O–H groups in total. The van der Waals surface area contributed by atoms with E-state index in [4.69, 9.17) is 16.6 Å². The number of hydrogen-bond acceptors (Lipinski definition) is 3. The predicted molar refractivity (Wildman–Crippen MR) is 108 cm³/mol. The Hall–Kier alpha value is -3.24. The van der Waals surface area contributed by atoms with Crippen molar-refractivity contribution in [3.63, 3.8) is 0 Å². The Kier molecular flexibility index (Phi) is 3.84. The molecule has 27 heavy (non-hydrogen) atoms. The van der Waals surface area contributed by atoms with E-state index in [1.165, 1.54) is 5.56 Å². The number of rotatable bonds is 3. The van der Waals surface area contributed by atoms with Crippen LogP contribution in [0.2, 0.25) is 5.02 Å². The maximum atomic E-state index is 6.44. The molecule has 2 heterocycles. The second-order valence-corrected chi connectivity index (χ2v) is 6.78. The first-order chi connectivity index (χ1) is 13.3. The molecule has 0 spiro atoms. The molecular weight excluding hydrogens is 356 g/mol. The summed E-state index contributed by atoms with van der Waals surface area (Å²) in [7, 11) is 0. The van der Waals surface area contributed by atoms with Crippen LogP contribution < -0.4 is 0 Å². The average molecular weight is 371 g/mol. The molecule has 0 aliphatic carbocycles. The van der Waals surface area contributed by atoms with E-state index in [2.05, 4.69) is 26.7 Å². The topological polar surface area (TPSA) is 43.1 Å². The van der Waals surface area contributed by atoms with Crippen LogP contribution in [0.15, 0.2) is 78.9 Å². The lowest BCUT2D eigenvalue weighted by Gasteiger charge is -2.09. The third-order valence-electron chi connectivity index (χ3n) is 4.63. The molecule has 4 nitrogen and oxygen atoms in total. The number of benzene rings is 3. The third-order valence-corrected chi connectivity index (χ3v) is 4.96. The molecule has 2 aromatic heterocycles. The highest BCUT2D eigenvalue weighted by Crippen LogP contribution is 2.29. The zero-order valence-corrected chi connectivity index (χ0v) is 15.1. The van der Waals surface area contributed by atoms with Gasteiger partial charge in [0.25, 0.3) is 0 Å². The Labute approximate surface area is 161 Å². The molecule has 130 valence electrons. The van der Waals surface area contributed by atoms with Crippen molar-refractivity contribution in [3.05, 3.63) is 95.1 Å². The standard InChI is InChI=1S/C22H15ClN4/c23-17-11-5-4-10-16(17)21-25-26-22-19(14-15-8-2-1-3-9-15)24-18-12-6-7-13-20(18)27(21)22/h1-13H,14H2. The van der Waals surface area contributed by atoms with Gasteiger partial charge in [0.1, 0.15) is 0 Å². The van der Waals surface area contributed by atoms with Gasteiger partial charge in [0.2, 0.25) is 0 Å². The zero-order chi connectivity index (χ0) is 18.2. The van der Waals surface area contributed by atoms with E-state index < -0.39 is 0 Å². The number of aromatic nitrogens is 4. The molecule has 0 radical (unpaired) electrons. The van der Waals surface area contributed by atoms with Crippen LogP contribution in [0, 0.1) is 0 Å². The number of hydrogen-bond donors (Lipinski definition) is 0. The summed E-state index contributed by atoms with van der Waals surface area (Å²) in [5.41, 5.74) is 5.56. The van der Waals surface area contributed by atoms with Gasteiger partial charge in [0.15, 0.2) is 11.5 Å². The minimum atomic E-state index is 0.650.